The normalized spacial score (nSPS) is 10.6. The summed E-state index contributed by atoms with van der Waals surface area (Å²) in [4.78, 5) is 0. The molecule has 0 aliphatic carbocycles. The summed E-state index contributed by atoms with van der Waals surface area (Å²) in [6, 6.07) is 18.2. The number of rotatable bonds is 9. The molecule has 3 heteroatoms. The molecule has 0 saturated carbocycles. The number of ether oxygens (including phenoxy) is 1. The Hall–Kier alpha value is -2.10. The van der Waals surface area contributed by atoms with Gasteiger partial charge in [0.25, 0.3) is 0 Å². The third-order valence-electron chi connectivity index (χ3n) is 3.48. The first-order valence-electron chi connectivity index (χ1n) is 7.67. The fraction of sp³-hybridized carbons (Fsp3) is 0.263. The van der Waals surface area contributed by atoms with Gasteiger partial charge in [-0.15, -0.1) is 6.58 Å². The Morgan fingerprint density at radius 1 is 1.09 bits per heavy atom. The van der Waals surface area contributed by atoms with Gasteiger partial charge in [0.1, 0.15) is 11.5 Å². The molecule has 0 saturated heterocycles. The van der Waals surface area contributed by atoms with Crippen LogP contribution in [0.1, 0.15) is 12.0 Å². The molecule has 0 aromatic heterocycles. The molecule has 0 aliphatic heterocycles. The Kier molecular flexibility index (Phi) is 6.68. The molecule has 0 bridgehead atoms. The van der Waals surface area contributed by atoms with E-state index in [-0.39, 0.29) is 0 Å². The molecule has 3 nitrogen and oxygen atoms in total. The SMILES string of the molecule is C=CCN(CCCc1ccccc1Oc1ccccc1)NC. The van der Waals surface area contributed by atoms with E-state index in [2.05, 4.69) is 29.1 Å². The monoisotopic (exact) mass is 296 g/mol. The number of para-hydroxylation sites is 2. The van der Waals surface area contributed by atoms with Crippen LogP contribution in [0.3, 0.4) is 0 Å². The summed E-state index contributed by atoms with van der Waals surface area (Å²) in [6.07, 6.45) is 3.95. The number of nitrogens with zero attached hydrogens (tertiary/aromatic N) is 1. The van der Waals surface area contributed by atoms with E-state index >= 15 is 0 Å². The van der Waals surface area contributed by atoms with Crippen LogP contribution >= 0.6 is 0 Å². The van der Waals surface area contributed by atoms with Crippen LogP contribution in [0.5, 0.6) is 11.5 Å². The molecule has 0 fully saturated rings. The molecular weight excluding hydrogens is 272 g/mol. The number of nitrogens with one attached hydrogen (secondary N) is 1. The van der Waals surface area contributed by atoms with Gasteiger partial charge in [-0.25, -0.2) is 5.01 Å². The van der Waals surface area contributed by atoms with Crippen LogP contribution in [0.4, 0.5) is 0 Å². The third kappa shape index (κ3) is 5.02. The lowest BCUT2D eigenvalue weighted by molar-refractivity contribution is 0.229. The van der Waals surface area contributed by atoms with Crippen molar-refractivity contribution < 1.29 is 4.74 Å². The molecule has 2 aromatic carbocycles. The Morgan fingerprint density at radius 3 is 2.55 bits per heavy atom. The summed E-state index contributed by atoms with van der Waals surface area (Å²) in [7, 11) is 1.94. The second-order valence-electron chi connectivity index (χ2n) is 5.08. The van der Waals surface area contributed by atoms with E-state index in [9.17, 15) is 0 Å². The van der Waals surface area contributed by atoms with Crippen molar-refractivity contribution in [1.82, 2.24) is 10.4 Å². The van der Waals surface area contributed by atoms with Crippen LogP contribution in [0.25, 0.3) is 0 Å². The molecule has 1 N–H and O–H groups in total. The minimum Gasteiger partial charge on any atom is -0.457 e. The van der Waals surface area contributed by atoms with Crippen molar-refractivity contribution in [1.29, 1.82) is 0 Å². The third-order valence-corrected chi connectivity index (χ3v) is 3.48. The average molecular weight is 296 g/mol. The molecule has 0 unspecified atom stereocenters. The summed E-state index contributed by atoms with van der Waals surface area (Å²) in [6.45, 7) is 5.59. The molecule has 2 aromatic rings. The standard InChI is InChI=1S/C19H24N2O/c1-3-15-21(20-2)16-9-11-17-10-7-8-14-19(17)22-18-12-5-4-6-13-18/h3-8,10,12-14,20H,1,9,11,15-16H2,2H3. The Labute approximate surface area is 133 Å². The van der Waals surface area contributed by atoms with Crippen LogP contribution in [-0.4, -0.2) is 25.1 Å². The van der Waals surface area contributed by atoms with Crippen LogP contribution in [0, 0.1) is 0 Å². The highest BCUT2D eigenvalue weighted by Gasteiger charge is 2.06. The summed E-state index contributed by atoms with van der Waals surface area (Å²) >= 11 is 0. The van der Waals surface area contributed by atoms with E-state index in [1.54, 1.807) is 0 Å². The first-order chi connectivity index (χ1) is 10.8. The van der Waals surface area contributed by atoms with Crippen LogP contribution in [0.15, 0.2) is 67.3 Å². The van der Waals surface area contributed by atoms with Crippen molar-refractivity contribution >= 4 is 0 Å². The predicted octanol–water partition coefficient (Wildman–Crippen LogP) is 4.03. The number of benzene rings is 2. The minimum atomic E-state index is 0.846. The van der Waals surface area contributed by atoms with Gasteiger partial charge in [0.05, 0.1) is 0 Å². The second-order valence-corrected chi connectivity index (χ2v) is 5.08. The Balaban J connectivity index is 1.95. The molecule has 0 atom stereocenters. The zero-order valence-corrected chi connectivity index (χ0v) is 13.2. The van der Waals surface area contributed by atoms with E-state index in [0.717, 1.165) is 37.4 Å². The molecule has 0 heterocycles. The topological polar surface area (TPSA) is 24.5 Å². The lowest BCUT2D eigenvalue weighted by atomic mass is 10.1. The first kappa shape index (κ1) is 16.3. The van der Waals surface area contributed by atoms with Crippen LogP contribution in [0.2, 0.25) is 0 Å². The van der Waals surface area contributed by atoms with E-state index in [1.165, 1.54) is 5.56 Å². The summed E-state index contributed by atoms with van der Waals surface area (Å²) in [5.41, 5.74) is 4.41. The van der Waals surface area contributed by atoms with Crippen molar-refractivity contribution in [3.63, 3.8) is 0 Å². The highest BCUT2D eigenvalue weighted by atomic mass is 16.5. The quantitative estimate of drug-likeness (QED) is 0.558. The van der Waals surface area contributed by atoms with E-state index in [1.807, 2.05) is 55.6 Å². The predicted molar refractivity (Wildman–Crippen MR) is 92.1 cm³/mol. The van der Waals surface area contributed by atoms with Crippen molar-refractivity contribution in [2.45, 2.75) is 12.8 Å². The summed E-state index contributed by atoms with van der Waals surface area (Å²) in [5, 5.41) is 2.15. The maximum Gasteiger partial charge on any atom is 0.130 e. The average Bonchev–Trinajstić information content (AvgIpc) is 2.56. The van der Waals surface area contributed by atoms with Gasteiger partial charge in [-0.05, 0) is 43.7 Å². The van der Waals surface area contributed by atoms with Crippen LogP contribution < -0.4 is 10.2 Å². The van der Waals surface area contributed by atoms with Crippen molar-refractivity contribution in [2.24, 2.45) is 0 Å². The molecule has 0 aliphatic rings. The van der Waals surface area contributed by atoms with E-state index in [4.69, 9.17) is 4.74 Å². The van der Waals surface area contributed by atoms with Gasteiger partial charge in [-0.3, -0.25) is 5.43 Å². The van der Waals surface area contributed by atoms with Gasteiger partial charge in [-0.2, -0.15) is 0 Å². The van der Waals surface area contributed by atoms with Crippen molar-refractivity contribution in [3.05, 3.63) is 72.8 Å². The summed E-state index contributed by atoms with van der Waals surface area (Å²) in [5.74, 6) is 1.81. The Morgan fingerprint density at radius 2 is 1.82 bits per heavy atom. The zero-order valence-electron chi connectivity index (χ0n) is 13.2. The van der Waals surface area contributed by atoms with Crippen LogP contribution in [-0.2, 0) is 6.42 Å². The Bertz CT molecular complexity index is 569. The molecule has 0 spiro atoms. The van der Waals surface area contributed by atoms with Gasteiger partial charge < -0.3 is 4.74 Å². The smallest absolute Gasteiger partial charge is 0.130 e. The number of hydrazine groups is 1. The summed E-state index contributed by atoms with van der Waals surface area (Å²) < 4.78 is 6.00. The van der Waals surface area contributed by atoms with E-state index < -0.39 is 0 Å². The van der Waals surface area contributed by atoms with E-state index in [0.29, 0.717) is 0 Å². The number of hydrogen-bond donors (Lipinski definition) is 1. The second kappa shape index (κ2) is 9.03. The van der Waals surface area contributed by atoms with Crippen molar-refractivity contribution in [3.8, 4) is 11.5 Å². The largest absolute Gasteiger partial charge is 0.457 e. The highest BCUT2D eigenvalue weighted by Crippen LogP contribution is 2.25. The molecule has 2 rings (SSSR count). The maximum atomic E-state index is 6.00. The molecule has 0 amide bonds. The van der Waals surface area contributed by atoms with Gasteiger partial charge in [0.2, 0.25) is 0 Å². The van der Waals surface area contributed by atoms with Gasteiger partial charge in [-0.1, -0.05) is 42.5 Å². The first-order valence-corrected chi connectivity index (χ1v) is 7.67. The number of aryl methyl sites for hydroxylation is 1. The maximum absolute atomic E-state index is 6.00. The minimum absolute atomic E-state index is 0.846. The molecule has 22 heavy (non-hydrogen) atoms. The highest BCUT2D eigenvalue weighted by molar-refractivity contribution is 5.37. The fourth-order valence-corrected chi connectivity index (χ4v) is 2.34. The molecule has 0 radical (unpaired) electrons. The van der Waals surface area contributed by atoms with Crippen molar-refractivity contribution in [2.75, 3.05) is 20.1 Å². The molecule has 116 valence electrons. The van der Waals surface area contributed by atoms with Gasteiger partial charge in [0, 0.05) is 13.1 Å². The van der Waals surface area contributed by atoms with Gasteiger partial charge >= 0.3 is 0 Å². The lowest BCUT2D eigenvalue weighted by Crippen LogP contribution is -2.36. The zero-order chi connectivity index (χ0) is 15.6. The molecular formula is C19H24N2O. The van der Waals surface area contributed by atoms with Gasteiger partial charge in [0.15, 0.2) is 0 Å². The number of hydrogen-bond acceptors (Lipinski definition) is 3. The fourth-order valence-electron chi connectivity index (χ4n) is 2.34. The lowest BCUT2D eigenvalue weighted by Gasteiger charge is -2.19.